The van der Waals surface area contributed by atoms with Gasteiger partial charge in [-0.3, -0.25) is 9.48 Å². The lowest BCUT2D eigenvalue weighted by atomic mass is 10.2. The molecule has 0 saturated carbocycles. The zero-order valence-corrected chi connectivity index (χ0v) is 14.6. The highest BCUT2D eigenvalue weighted by Gasteiger charge is 2.09. The van der Waals surface area contributed by atoms with Crippen LogP contribution in [0, 0.1) is 0 Å². The molecule has 0 aliphatic heterocycles. The van der Waals surface area contributed by atoms with E-state index in [4.69, 9.17) is 23.2 Å². The minimum absolute atomic E-state index is 0.281. The Kier molecular flexibility index (Phi) is 5.30. The van der Waals surface area contributed by atoms with E-state index in [0.717, 1.165) is 10.4 Å². The maximum Gasteiger partial charge on any atom is 0.291 e. The zero-order valence-electron chi connectivity index (χ0n) is 12.3. The van der Waals surface area contributed by atoms with Crippen molar-refractivity contribution in [1.29, 1.82) is 0 Å². The summed E-state index contributed by atoms with van der Waals surface area (Å²) in [6.45, 7) is 0.446. The molecule has 0 fully saturated rings. The van der Waals surface area contributed by atoms with Gasteiger partial charge in [-0.25, -0.2) is 5.43 Å². The minimum atomic E-state index is -0.372. The van der Waals surface area contributed by atoms with E-state index in [0.29, 0.717) is 16.6 Å². The van der Waals surface area contributed by atoms with Crippen molar-refractivity contribution in [2.45, 2.75) is 6.54 Å². The van der Waals surface area contributed by atoms with Crippen LogP contribution in [0.1, 0.15) is 20.9 Å². The van der Waals surface area contributed by atoms with Crippen molar-refractivity contribution in [3.05, 3.63) is 74.2 Å². The number of amides is 1. The summed E-state index contributed by atoms with van der Waals surface area (Å²) in [5, 5.41) is 11.2. The Morgan fingerprint density at radius 2 is 2.21 bits per heavy atom. The van der Waals surface area contributed by atoms with E-state index in [1.807, 2.05) is 23.6 Å². The first kappa shape index (κ1) is 16.7. The van der Waals surface area contributed by atoms with E-state index in [-0.39, 0.29) is 11.6 Å². The molecule has 0 spiro atoms. The SMILES string of the molecule is O=C(NN=Cc1cccs1)c1ccn(Cc2ccc(Cl)cc2Cl)n1. The molecule has 0 radical (unpaired) electrons. The Balaban J connectivity index is 1.63. The van der Waals surface area contributed by atoms with E-state index < -0.39 is 0 Å². The number of thiophene rings is 1. The molecular weight excluding hydrogens is 367 g/mol. The lowest BCUT2D eigenvalue weighted by molar-refractivity contribution is 0.0949. The van der Waals surface area contributed by atoms with E-state index in [2.05, 4.69) is 15.6 Å². The van der Waals surface area contributed by atoms with Gasteiger partial charge in [0.1, 0.15) is 0 Å². The van der Waals surface area contributed by atoms with Crippen LogP contribution in [0.15, 0.2) is 53.1 Å². The maximum absolute atomic E-state index is 12.0. The number of carbonyl (C=O) groups is 1. The molecule has 0 aliphatic carbocycles. The van der Waals surface area contributed by atoms with Crippen LogP contribution in [0.5, 0.6) is 0 Å². The topological polar surface area (TPSA) is 59.3 Å². The van der Waals surface area contributed by atoms with Crippen LogP contribution in [0.2, 0.25) is 10.0 Å². The lowest BCUT2D eigenvalue weighted by Gasteiger charge is -2.05. The molecule has 1 N–H and O–H groups in total. The highest BCUT2D eigenvalue weighted by atomic mass is 35.5. The van der Waals surface area contributed by atoms with E-state index in [1.165, 1.54) is 11.3 Å². The average Bonchev–Trinajstić information content (AvgIpc) is 3.22. The molecule has 122 valence electrons. The van der Waals surface area contributed by atoms with Crippen molar-refractivity contribution < 1.29 is 4.79 Å². The first-order valence-corrected chi connectivity index (χ1v) is 8.59. The number of rotatable bonds is 5. The molecular formula is C16H12Cl2N4OS. The Labute approximate surface area is 152 Å². The molecule has 8 heteroatoms. The smallest absolute Gasteiger partial charge is 0.267 e. The van der Waals surface area contributed by atoms with Gasteiger partial charge in [-0.05, 0) is 35.2 Å². The van der Waals surface area contributed by atoms with Crippen LogP contribution in [0.25, 0.3) is 0 Å². The lowest BCUT2D eigenvalue weighted by Crippen LogP contribution is -2.18. The summed E-state index contributed by atoms with van der Waals surface area (Å²) >= 11 is 13.6. The summed E-state index contributed by atoms with van der Waals surface area (Å²) in [7, 11) is 0. The molecule has 2 aromatic heterocycles. The fourth-order valence-electron chi connectivity index (χ4n) is 1.97. The van der Waals surface area contributed by atoms with Crippen molar-refractivity contribution in [3.8, 4) is 0 Å². The fraction of sp³-hybridized carbons (Fsp3) is 0.0625. The zero-order chi connectivity index (χ0) is 16.9. The van der Waals surface area contributed by atoms with E-state index in [1.54, 1.807) is 35.3 Å². The molecule has 0 bridgehead atoms. The molecule has 24 heavy (non-hydrogen) atoms. The second-order valence-corrected chi connectivity index (χ2v) is 6.67. The molecule has 3 rings (SSSR count). The van der Waals surface area contributed by atoms with Gasteiger partial charge in [-0.1, -0.05) is 35.3 Å². The highest BCUT2D eigenvalue weighted by Crippen LogP contribution is 2.21. The summed E-state index contributed by atoms with van der Waals surface area (Å²) in [4.78, 5) is 13.0. The average molecular weight is 379 g/mol. The number of hydrazone groups is 1. The molecule has 3 aromatic rings. The van der Waals surface area contributed by atoms with Gasteiger partial charge in [0, 0.05) is 21.1 Å². The number of aromatic nitrogens is 2. The number of benzene rings is 1. The van der Waals surface area contributed by atoms with Crippen LogP contribution in [0.3, 0.4) is 0 Å². The summed E-state index contributed by atoms with van der Waals surface area (Å²) in [5.41, 5.74) is 3.60. The fourth-order valence-corrected chi connectivity index (χ4v) is 3.03. The predicted molar refractivity (Wildman–Crippen MR) is 97.2 cm³/mol. The second kappa shape index (κ2) is 7.61. The van der Waals surface area contributed by atoms with Crippen LogP contribution in [-0.2, 0) is 6.54 Å². The van der Waals surface area contributed by atoms with Gasteiger partial charge in [0.15, 0.2) is 5.69 Å². The van der Waals surface area contributed by atoms with Gasteiger partial charge < -0.3 is 0 Å². The van der Waals surface area contributed by atoms with Crippen LogP contribution in [-0.4, -0.2) is 21.9 Å². The van der Waals surface area contributed by atoms with Gasteiger partial charge in [0.05, 0.1) is 12.8 Å². The number of hydrogen-bond acceptors (Lipinski definition) is 4. The molecule has 1 aromatic carbocycles. The first-order chi connectivity index (χ1) is 11.6. The largest absolute Gasteiger partial charge is 0.291 e. The van der Waals surface area contributed by atoms with E-state index >= 15 is 0 Å². The molecule has 5 nitrogen and oxygen atoms in total. The summed E-state index contributed by atoms with van der Waals surface area (Å²) in [5.74, 6) is -0.372. The standard InChI is InChI=1S/C16H12Cl2N4OS/c17-12-4-3-11(14(18)8-12)10-22-6-5-15(21-22)16(23)20-19-9-13-2-1-7-24-13/h1-9H,10H2,(H,20,23). The van der Waals surface area contributed by atoms with Crippen molar-refractivity contribution in [1.82, 2.24) is 15.2 Å². The first-order valence-electron chi connectivity index (χ1n) is 6.96. The normalized spacial score (nSPS) is 11.1. The number of nitrogens with zero attached hydrogens (tertiary/aromatic N) is 3. The second-order valence-electron chi connectivity index (χ2n) is 4.85. The number of carbonyl (C=O) groups excluding carboxylic acids is 1. The van der Waals surface area contributed by atoms with Crippen molar-refractivity contribution in [2.24, 2.45) is 5.10 Å². The third kappa shape index (κ3) is 4.23. The van der Waals surface area contributed by atoms with Gasteiger partial charge in [0.2, 0.25) is 0 Å². The molecule has 1 amide bonds. The van der Waals surface area contributed by atoms with E-state index in [9.17, 15) is 4.79 Å². The molecule has 0 aliphatic rings. The van der Waals surface area contributed by atoms with Gasteiger partial charge in [-0.15, -0.1) is 11.3 Å². The Hall–Kier alpha value is -2.15. The monoisotopic (exact) mass is 378 g/mol. The number of halogens is 2. The van der Waals surface area contributed by atoms with Gasteiger partial charge >= 0.3 is 0 Å². The molecule has 0 atom stereocenters. The summed E-state index contributed by atoms with van der Waals surface area (Å²) < 4.78 is 1.63. The van der Waals surface area contributed by atoms with Crippen molar-refractivity contribution >= 4 is 46.7 Å². The number of nitrogens with one attached hydrogen (secondary N) is 1. The number of hydrogen-bond donors (Lipinski definition) is 1. The Morgan fingerprint density at radius 3 is 2.96 bits per heavy atom. The third-order valence-electron chi connectivity index (χ3n) is 3.12. The maximum atomic E-state index is 12.0. The van der Waals surface area contributed by atoms with Crippen molar-refractivity contribution in [2.75, 3.05) is 0 Å². The van der Waals surface area contributed by atoms with Gasteiger partial charge in [-0.2, -0.15) is 10.2 Å². The molecule has 0 unspecified atom stereocenters. The van der Waals surface area contributed by atoms with Gasteiger partial charge in [0.25, 0.3) is 5.91 Å². The predicted octanol–water partition coefficient (Wildman–Crippen LogP) is 4.06. The van der Waals surface area contributed by atoms with Crippen LogP contribution in [0.4, 0.5) is 0 Å². The van der Waals surface area contributed by atoms with Crippen molar-refractivity contribution in [3.63, 3.8) is 0 Å². The Bertz CT molecular complexity index is 874. The minimum Gasteiger partial charge on any atom is -0.267 e. The van der Waals surface area contributed by atoms with Crippen LogP contribution >= 0.6 is 34.5 Å². The Morgan fingerprint density at radius 1 is 1.33 bits per heavy atom. The van der Waals surface area contributed by atoms with Crippen LogP contribution < -0.4 is 5.43 Å². The highest BCUT2D eigenvalue weighted by molar-refractivity contribution is 7.11. The summed E-state index contributed by atoms with van der Waals surface area (Å²) in [6.07, 6.45) is 3.30. The third-order valence-corrected chi connectivity index (χ3v) is 4.52. The molecule has 0 saturated heterocycles. The quantitative estimate of drug-likeness (QED) is 0.537. The molecule has 2 heterocycles. The summed E-state index contributed by atoms with van der Waals surface area (Å²) in [6, 6.07) is 10.7.